The highest BCUT2D eigenvalue weighted by Gasteiger charge is 2.27. The minimum absolute atomic E-state index is 0.0717. The normalized spacial score (nSPS) is 12.4. The molecular formula is C56H43N5. The summed E-state index contributed by atoms with van der Waals surface area (Å²) >= 11 is 0. The summed E-state index contributed by atoms with van der Waals surface area (Å²) in [4.78, 5) is 0. The fraction of sp³-hybridized carbons (Fsp3) is 0.143. The molecule has 61 heavy (non-hydrogen) atoms. The Bertz CT molecular complexity index is 3620. The van der Waals surface area contributed by atoms with Gasteiger partial charge in [-0.2, -0.15) is 10.5 Å². The zero-order chi connectivity index (χ0) is 41.9. The van der Waals surface area contributed by atoms with Gasteiger partial charge in [0.05, 0.1) is 55.6 Å². The van der Waals surface area contributed by atoms with Crippen molar-refractivity contribution in [2.45, 2.75) is 52.4 Å². The third-order valence-corrected chi connectivity index (χ3v) is 12.8. The van der Waals surface area contributed by atoms with Crippen molar-refractivity contribution >= 4 is 76.2 Å². The number of aromatic nitrogens is 3. The van der Waals surface area contributed by atoms with Gasteiger partial charge in [0.15, 0.2) is 0 Å². The largest absolute Gasteiger partial charge is 0.309 e. The predicted octanol–water partition coefficient (Wildman–Crippen LogP) is 14.5. The maximum absolute atomic E-state index is 11.2. The van der Waals surface area contributed by atoms with Crippen molar-refractivity contribution in [2.75, 3.05) is 0 Å². The maximum atomic E-state index is 11.2. The van der Waals surface area contributed by atoms with Gasteiger partial charge in [0, 0.05) is 38.0 Å². The SMILES string of the molecule is CC(C)(C)c1ccc2c(c1)c1cc(C(C)(C)C)ccc1n2-c1c(-n2c3ccc(-n4c5ccccc5c5ccccc54)cc3c3c4ccccc4ccc32)ccc(C#N)c1C#N. The molecule has 0 saturated heterocycles. The first-order chi connectivity index (χ1) is 29.5. The molecule has 0 unspecified atom stereocenters. The Balaban J connectivity index is 1.29. The van der Waals surface area contributed by atoms with Gasteiger partial charge in [-0.25, -0.2) is 0 Å². The van der Waals surface area contributed by atoms with Crippen LogP contribution in [0.5, 0.6) is 0 Å². The summed E-state index contributed by atoms with van der Waals surface area (Å²) in [5.41, 5.74) is 11.9. The lowest BCUT2D eigenvalue weighted by molar-refractivity contribution is 0.590. The molecule has 3 heterocycles. The van der Waals surface area contributed by atoms with Crippen LogP contribution < -0.4 is 0 Å². The fourth-order valence-corrected chi connectivity index (χ4v) is 9.77. The average molecular weight is 786 g/mol. The van der Waals surface area contributed by atoms with Crippen molar-refractivity contribution in [3.05, 3.63) is 174 Å². The van der Waals surface area contributed by atoms with Gasteiger partial charge in [-0.3, -0.25) is 0 Å². The molecular weight excluding hydrogens is 743 g/mol. The highest BCUT2D eigenvalue weighted by molar-refractivity contribution is 6.22. The Hall–Kier alpha value is -7.60. The molecule has 0 spiro atoms. The van der Waals surface area contributed by atoms with Gasteiger partial charge in [0.25, 0.3) is 0 Å². The standard InChI is InChI=1S/C56H43N5/c1-55(2,3)36-21-26-48-42(29-36)43-30-37(56(4,5)6)22-27-49(43)61(48)54-45(33-58)35(32-57)20-25-52(54)60-50-28-23-38(31-44(50)53-39-14-8-7-13-34(39)19-24-51(53)60)59-46-17-11-9-15-40(46)41-16-10-12-18-47(41)59/h7-31H,1-6H3. The third kappa shape index (κ3) is 5.30. The van der Waals surface area contributed by atoms with Gasteiger partial charge >= 0.3 is 0 Å². The second-order valence-corrected chi connectivity index (χ2v) is 18.5. The molecule has 292 valence electrons. The summed E-state index contributed by atoms with van der Waals surface area (Å²) in [5, 5.41) is 31.0. The second-order valence-electron chi connectivity index (χ2n) is 18.5. The van der Waals surface area contributed by atoms with Gasteiger partial charge in [-0.15, -0.1) is 0 Å². The van der Waals surface area contributed by atoms with Crippen LogP contribution in [0, 0.1) is 22.7 Å². The predicted molar refractivity (Wildman–Crippen MR) is 254 cm³/mol. The van der Waals surface area contributed by atoms with Crippen LogP contribution in [0.1, 0.15) is 63.8 Å². The summed E-state index contributed by atoms with van der Waals surface area (Å²) in [7, 11) is 0. The topological polar surface area (TPSA) is 62.4 Å². The summed E-state index contributed by atoms with van der Waals surface area (Å²) in [5.74, 6) is 0. The van der Waals surface area contributed by atoms with E-state index in [4.69, 9.17) is 0 Å². The molecule has 0 fully saturated rings. The van der Waals surface area contributed by atoms with Crippen LogP contribution in [0.4, 0.5) is 0 Å². The molecule has 11 aromatic rings. The van der Waals surface area contributed by atoms with Crippen LogP contribution in [-0.4, -0.2) is 13.7 Å². The van der Waals surface area contributed by atoms with E-state index in [0.29, 0.717) is 16.8 Å². The zero-order valence-electron chi connectivity index (χ0n) is 35.2. The summed E-state index contributed by atoms with van der Waals surface area (Å²) in [6, 6.07) is 59.2. The van der Waals surface area contributed by atoms with E-state index in [1.807, 2.05) is 12.1 Å². The Morgan fingerprint density at radius 1 is 0.410 bits per heavy atom. The van der Waals surface area contributed by atoms with E-state index in [-0.39, 0.29) is 10.8 Å². The number of para-hydroxylation sites is 2. The Morgan fingerprint density at radius 2 is 0.934 bits per heavy atom. The molecule has 0 aliphatic heterocycles. The molecule has 0 N–H and O–H groups in total. The molecule has 11 rings (SSSR count). The number of hydrogen-bond donors (Lipinski definition) is 0. The van der Waals surface area contributed by atoms with Crippen LogP contribution in [-0.2, 0) is 10.8 Å². The summed E-state index contributed by atoms with van der Waals surface area (Å²) in [6.07, 6.45) is 0. The first-order valence-corrected chi connectivity index (χ1v) is 21.0. The Kier molecular flexibility index (Phi) is 7.74. The molecule has 0 atom stereocenters. The van der Waals surface area contributed by atoms with E-state index in [9.17, 15) is 10.5 Å². The first kappa shape index (κ1) is 36.5. The molecule has 5 nitrogen and oxygen atoms in total. The highest BCUT2D eigenvalue weighted by Crippen LogP contribution is 2.44. The van der Waals surface area contributed by atoms with E-state index >= 15 is 0 Å². The van der Waals surface area contributed by atoms with Crippen molar-refractivity contribution in [3.8, 4) is 29.2 Å². The molecule has 0 amide bonds. The van der Waals surface area contributed by atoms with Crippen molar-refractivity contribution < 1.29 is 0 Å². The fourth-order valence-electron chi connectivity index (χ4n) is 9.77. The monoisotopic (exact) mass is 785 g/mol. The summed E-state index contributed by atoms with van der Waals surface area (Å²) < 4.78 is 6.92. The first-order valence-electron chi connectivity index (χ1n) is 21.0. The lowest BCUT2D eigenvalue weighted by Crippen LogP contribution is -2.11. The second kappa shape index (κ2) is 12.9. The lowest BCUT2D eigenvalue weighted by Gasteiger charge is -2.21. The van der Waals surface area contributed by atoms with Crippen LogP contribution >= 0.6 is 0 Å². The molecule has 3 aromatic heterocycles. The van der Waals surface area contributed by atoms with Crippen LogP contribution in [0.2, 0.25) is 0 Å². The van der Waals surface area contributed by atoms with E-state index in [2.05, 4.69) is 207 Å². The quantitative estimate of drug-likeness (QED) is 0.179. The van der Waals surface area contributed by atoms with Crippen LogP contribution in [0.15, 0.2) is 152 Å². The molecule has 0 aliphatic rings. The summed E-state index contributed by atoms with van der Waals surface area (Å²) in [6.45, 7) is 13.5. The smallest absolute Gasteiger partial charge is 0.103 e. The lowest BCUT2D eigenvalue weighted by atomic mass is 9.85. The molecule has 0 bridgehead atoms. The zero-order valence-corrected chi connectivity index (χ0v) is 35.2. The molecule has 0 aliphatic carbocycles. The number of nitriles is 2. The van der Waals surface area contributed by atoms with Gasteiger partial charge in [0.2, 0.25) is 0 Å². The van der Waals surface area contributed by atoms with Crippen molar-refractivity contribution in [3.63, 3.8) is 0 Å². The number of fused-ring (bicyclic) bond motifs is 11. The molecule has 5 heteroatoms. The van der Waals surface area contributed by atoms with Gasteiger partial charge in [-0.05, 0) is 106 Å². The van der Waals surface area contributed by atoms with Gasteiger partial charge in [0.1, 0.15) is 12.1 Å². The van der Waals surface area contributed by atoms with Crippen LogP contribution in [0.3, 0.4) is 0 Å². The van der Waals surface area contributed by atoms with E-state index < -0.39 is 0 Å². The molecule has 8 aromatic carbocycles. The number of rotatable bonds is 3. The van der Waals surface area contributed by atoms with Crippen LogP contribution in [0.25, 0.3) is 93.3 Å². The highest BCUT2D eigenvalue weighted by atomic mass is 15.1. The molecule has 0 radical (unpaired) electrons. The van der Waals surface area contributed by atoms with Crippen molar-refractivity contribution in [2.24, 2.45) is 0 Å². The third-order valence-electron chi connectivity index (χ3n) is 12.8. The number of hydrogen-bond acceptors (Lipinski definition) is 2. The minimum atomic E-state index is -0.0717. The Morgan fingerprint density at radius 3 is 1.52 bits per heavy atom. The maximum Gasteiger partial charge on any atom is 0.103 e. The Labute approximate surface area is 354 Å². The average Bonchev–Trinajstić information content (AvgIpc) is 3.90. The van der Waals surface area contributed by atoms with Gasteiger partial charge in [-0.1, -0.05) is 120 Å². The number of benzene rings is 8. The van der Waals surface area contributed by atoms with Crippen molar-refractivity contribution in [1.82, 2.24) is 13.7 Å². The van der Waals surface area contributed by atoms with E-state index in [1.54, 1.807) is 0 Å². The number of nitrogens with zero attached hydrogens (tertiary/aromatic N) is 5. The van der Waals surface area contributed by atoms with E-state index in [0.717, 1.165) is 76.8 Å². The van der Waals surface area contributed by atoms with Crippen molar-refractivity contribution in [1.29, 1.82) is 10.5 Å². The minimum Gasteiger partial charge on any atom is -0.309 e. The van der Waals surface area contributed by atoms with Gasteiger partial charge < -0.3 is 13.7 Å². The van der Waals surface area contributed by atoms with E-state index in [1.165, 1.54) is 21.9 Å². The molecule has 0 saturated carbocycles.